The van der Waals surface area contributed by atoms with Crippen LogP contribution in [0.25, 0.3) is 6.08 Å². The van der Waals surface area contributed by atoms with Gasteiger partial charge in [0.15, 0.2) is 0 Å². The summed E-state index contributed by atoms with van der Waals surface area (Å²) in [4.78, 5) is 23.5. The predicted molar refractivity (Wildman–Crippen MR) is 103 cm³/mol. The number of phenols is 1. The average Bonchev–Trinajstić information content (AvgIpc) is 3.67. The van der Waals surface area contributed by atoms with Gasteiger partial charge in [0.1, 0.15) is 0 Å². The topological polar surface area (TPSA) is 37.3 Å². The number of aromatic hydroxyl groups is 1. The fourth-order valence-electron chi connectivity index (χ4n) is 18.8. The Labute approximate surface area is 152 Å². The SMILES string of the molecule is O=C(C=Cc1cccc([C]23[CH]4[CH]5[CH]6[CH]2[Fe]56432789[CH]3[CH]2[CH]7[CH]8[CH]39)c1O)c1ccccc1. The fourth-order valence-corrected chi connectivity index (χ4v) is 92.9. The average molecular weight is 408 g/mol. The number of carbonyl (C=O) groups is 1. The van der Waals surface area contributed by atoms with Crippen molar-refractivity contribution in [2.24, 2.45) is 0 Å². The summed E-state index contributed by atoms with van der Waals surface area (Å²) in [6.07, 6.45) is 3.48. The van der Waals surface area contributed by atoms with Crippen LogP contribution in [0, 0.1) is 0 Å². The fraction of sp³-hybridized carbons (Fsp3) is 0.400. The van der Waals surface area contributed by atoms with Crippen LogP contribution < -0.4 is 0 Å². The Morgan fingerprint density at radius 1 is 0.857 bits per heavy atom. The van der Waals surface area contributed by atoms with Gasteiger partial charge in [0.2, 0.25) is 0 Å². The monoisotopic (exact) mass is 408 g/mol. The number of para-hydroxylation sites is 1. The van der Waals surface area contributed by atoms with Crippen LogP contribution in [0.1, 0.15) is 21.5 Å². The van der Waals surface area contributed by atoms with Crippen molar-refractivity contribution < 1.29 is 16.4 Å². The van der Waals surface area contributed by atoms with Gasteiger partial charge in [0, 0.05) is 0 Å². The van der Waals surface area contributed by atoms with Gasteiger partial charge in [-0.2, -0.15) is 0 Å². The van der Waals surface area contributed by atoms with Gasteiger partial charge in [-0.15, -0.1) is 0 Å². The number of rotatable bonds is 4. The Kier molecular flexibility index (Phi) is 0.616. The van der Waals surface area contributed by atoms with Crippen LogP contribution in [0.15, 0.2) is 54.6 Å². The Morgan fingerprint density at radius 3 is 2.04 bits per heavy atom. The third-order valence-electron chi connectivity index (χ3n) is 17.6. The van der Waals surface area contributed by atoms with Crippen molar-refractivity contribution in [3.63, 3.8) is 0 Å². The van der Waals surface area contributed by atoms with Crippen LogP contribution in [-0.2, 0) is 10.8 Å². The molecule has 2 nitrogen and oxygen atoms in total. The molecule has 4 atom stereocenters. The maximum absolute atomic E-state index is 12.5. The van der Waals surface area contributed by atoms with E-state index in [1.807, 2.05) is 42.5 Å². The van der Waals surface area contributed by atoms with Crippen LogP contribution >= 0.6 is 0 Å². The summed E-state index contributed by atoms with van der Waals surface area (Å²) in [7, 11) is 0. The van der Waals surface area contributed by atoms with Crippen LogP contribution in [0.3, 0.4) is 0 Å². The van der Waals surface area contributed by atoms with E-state index in [1.165, 1.54) is 39.3 Å². The normalized spacial score (nSPS) is 76.9. The van der Waals surface area contributed by atoms with E-state index in [1.54, 1.807) is 6.08 Å². The second-order valence-corrected chi connectivity index (χ2v) is 37.0. The van der Waals surface area contributed by atoms with E-state index in [0.29, 0.717) is 15.6 Å². The molecule has 1 spiro atoms. The maximum atomic E-state index is 12.5. The molecule has 12 rings (SSSR count). The third-order valence-corrected chi connectivity index (χ3v) is 60.0. The molecule has 2 aromatic carbocycles. The van der Waals surface area contributed by atoms with Crippen LogP contribution in [0.4, 0.5) is 0 Å². The second kappa shape index (κ2) is 1.44. The molecule has 2 aromatic rings. The molecule has 4 unspecified atom stereocenters. The van der Waals surface area contributed by atoms with Crippen LogP contribution in [0.2, 0.25) is 43.3 Å². The number of benzene rings is 2. The van der Waals surface area contributed by atoms with E-state index in [0.717, 1.165) is 15.2 Å². The van der Waals surface area contributed by atoms with Crippen molar-refractivity contribution in [3.8, 4) is 5.75 Å². The predicted octanol–water partition coefficient (Wildman–Crippen LogP) is 6.08. The van der Waals surface area contributed by atoms with Gasteiger partial charge < -0.3 is 0 Å². The van der Waals surface area contributed by atoms with E-state index in [9.17, 15) is 9.90 Å². The molecule has 0 radical (unpaired) electrons. The molecule has 10 saturated heterocycles. The Bertz CT molecular complexity index is 1590. The summed E-state index contributed by atoms with van der Waals surface area (Å²) in [6.45, 7) is -3.28. The molecular weight excluding hydrogens is 388 g/mol. The van der Waals surface area contributed by atoms with E-state index < -0.39 is 6.51 Å². The molecule has 140 valence electrons. The zero-order valence-corrected chi connectivity index (χ0v) is 16.3. The Hall–Kier alpha value is -1.83. The van der Waals surface area contributed by atoms with Crippen LogP contribution in [0.5, 0.6) is 5.75 Å². The van der Waals surface area contributed by atoms with Crippen molar-refractivity contribution in [3.05, 3.63) is 71.3 Å². The Balaban J connectivity index is 1.07. The Morgan fingerprint density at radius 2 is 1.50 bits per heavy atom. The number of fused-ring (bicyclic) bond motifs is 10. The number of hydrogen-bond donors (Lipinski definition) is 1. The molecule has 10 aliphatic rings. The molecular formula is C25H20FeO2. The molecule has 0 bridgehead atoms. The van der Waals surface area contributed by atoms with Crippen molar-refractivity contribution >= 4 is 11.9 Å². The van der Waals surface area contributed by atoms with E-state index in [-0.39, 0.29) is 5.78 Å². The molecule has 10 aliphatic heterocycles. The molecule has 10 heterocycles. The molecule has 0 amide bonds. The summed E-state index contributed by atoms with van der Waals surface area (Å²) < 4.78 is 0.552. The molecule has 0 saturated carbocycles. The van der Waals surface area contributed by atoms with Crippen molar-refractivity contribution in [1.82, 2.24) is 0 Å². The summed E-state index contributed by atoms with van der Waals surface area (Å²) in [5.41, 5.74) is 2.90. The number of ketones is 1. The molecule has 28 heavy (non-hydrogen) atoms. The number of allylic oxidation sites excluding steroid dienone is 1. The first-order chi connectivity index (χ1) is 13.4. The first-order valence-electron chi connectivity index (χ1n) is 10.8. The van der Waals surface area contributed by atoms with Crippen molar-refractivity contribution in [1.29, 1.82) is 0 Å². The van der Waals surface area contributed by atoms with Gasteiger partial charge in [-0.05, 0) is 0 Å². The summed E-state index contributed by atoms with van der Waals surface area (Å²) in [5, 5.41) is 11.4. The minimum atomic E-state index is -3.28. The van der Waals surface area contributed by atoms with Gasteiger partial charge in [-0.3, -0.25) is 0 Å². The number of carbonyl (C=O) groups excluding carboxylic acids is 1. The summed E-state index contributed by atoms with van der Waals surface area (Å²) >= 11 is 0. The van der Waals surface area contributed by atoms with E-state index in [2.05, 4.69) is 12.1 Å². The quantitative estimate of drug-likeness (QED) is 0.378. The summed E-state index contributed by atoms with van der Waals surface area (Å²) in [5.74, 6) is 0.524. The van der Waals surface area contributed by atoms with Gasteiger partial charge in [0.05, 0.1) is 0 Å². The summed E-state index contributed by atoms with van der Waals surface area (Å²) in [6, 6.07) is 15.8. The van der Waals surface area contributed by atoms with E-state index >= 15 is 0 Å². The molecule has 10 fully saturated rings. The number of phenolic OH excluding ortho intramolecular Hbond substituents is 1. The third kappa shape index (κ3) is 0.211. The van der Waals surface area contributed by atoms with E-state index in [4.69, 9.17) is 0 Å². The van der Waals surface area contributed by atoms with Crippen LogP contribution in [-0.4, -0.2) is 10.9 Å². The zero-order chi connectivity index (χ0) is 18.0. The zero-order valence-electron chi connectivity index (χ0n) is 15.2. The van der Waals surface area contributed by atoms with Gasteiger partial charge in [-0.25, -0.2) is 0 Å². The van der Waals surface area contributed by atoms with Gasteiger partial charge in [0.25, 0.3) is 0 Å². The first-order valence-corrected chi connectivity index (χ1v) is 17.0. The molecule has 3 heteroatoms. The minimum absolute atomic E-state index is 0.00320. The van der Waals surface area contributed by atoms with Crippen molar-refractivity contribution in [2.75, 3.05) is 0 Å². The number of hydrogen-bond acceptors (Lipinski definition) is 2. The van der Waals surface area contributed by atoms with Gasteiger partial charge >= 0.3 is 153 Å². The second-order valence-electron chi connectivity index (χ2n) is 13.5. The van der Waals surface area contributed by atoms with Crippen molar-refractivity contribution in [2.45, 2.75) is 47.7 Å². The molecule has 1 N–H and O–H groups in total. The molecule has 0 aliphatic carbocycles. The molecule has 0 aromatic heterocycles. The standard InChI is InChI=1S/C20H15O2.C5H5.Fe/c21-19(16-9-2-1-3-10-16)14-13-17-11-6-12-18(20(17)22)15-7-4-5-8-15;1-2-4-5-3-1;/h1-14,22H;1-5H;. The van der Waals surface area contributed by atoms with Gasteiger partial charge in [-0.1, -0.05) is 0 Å². The first kappa shape index (κ1) is 12.0.